The van der Waals surface area contributed by atoms with Gasteiger partial charge in [-0.1, -0.05) is 23.7 Å². The number of hydrogen-bond donors (Lipinski definition) is 1. The number of halogens is 4. The summed E-state index contributed by atoms with van der Waals surface area (Å²) in [6, 6.07) is 8.45. The van der Waals surface area contributed by atoms with Crippen LogP contribution < -0.4 is 0 Å². The lowest BCUT2D eigenvalue weighted by Gasteiger charge is -2.25. The number of carbonyl (C=O) groups excluding carboxylic acids is 1. The van der Waals surface area contributed by atoms with Crippen LogP contribution in [0.25, 0.3) is 11.1 Å². The third-order valence-corrected chi connectivity index (χ3v) is 4.48. The third kappa shape index (κ3) is 3.48. The summed E-state index contributed by atoms with van der Waals surface area (Å²) in [6.07, 6.45) is -2.46. The number of carbonyl (C=O) groups is 1. The number of alkyl halides is 3. The maximum atomic E-state index is 12.9. The van der Waals surface area contributed by atoms with Crippen molar-refractivity contribution in [2.75, 3.05) is 13.1 Å². The zero-order valence-corrected chi connectivity index (χ0v) is 13.7. The molecular weight excluding hydrogens is 357 g/mol. The summed E-state index contributed by atoms with van der Waals surface area (Å²) in [5, 5.41) is 10.3. The van der Waals surface area contributed by atoms with Gasteiger partial charge in [0.2, 0.25) is 0 Å². The highest BCUT2D eigenvalue weighted by Gasteiger charge is 2.57. The molecule has 2 aromatic rings. The zero-order valence-electron chi connectivity index (χ0n) is 12.9. The summed E-state index contributed by atoms with van der Waals surface area (Å²) >= 11 is 5.84. The fourth-order valence-corrected chi connectivity index (χ4v) is 2.86. The Bertz CT molecular complexity index is 795. The van der Waals surface area contributed by atoms with Crippen LogP contribution in [-0.4, -0.2) is 45.8 Å². The fourth-order valence-electron chi connectivity index (χ4n) is 2.74. The van der Waals surface area contributed by atoms with Crippen molar-refractivity contribution in [3.05, 3.63) is 53.3 Å². The van der Waals surface area contributed by atoms with Gasteiger partial charge in [-0.25, -0.2) is 0 Å². The number of nitrogens with zero attached hydrogens (tertiary/aromatic N) is 2. The average Bonchev–Trinajstić information content (AvgIpc) is 2.98. The van der Waals surface area contributed by atoms with Crippen LogP contribution in [0.2, 0.25) is 5.02 Å². The van der Waals surface area contributed by atoms with E-state index in [1.54, 1.807) is 36.5 Å². The Morgan fingerprint density at radius 1 is 1.20 bits per heavy atom. The second-order valence-electron chi connectivity index (χ2n) is 5.98. The second kappa shape index (κ2) is 6.31. The van der Waals surface area contributed by atoms with Crippen molar-refractivity contribution in [2.45, 2.75) is 18.2 Å². The molecule has 2 heterocycles. The van der Waals surface area contributed by atoms with Crippen LogP contribution in [0.5, 0.6) is 0 Å². The molecule has 132 valence electrons. The van der Waals surface area contributed by atoms with Crippen LogP contribution in [-0.2, 0) is 0 Å². The molecule has 0 unspecified atom stereocenters. The number of β-amino-alcohol motifs (C(OH)–C–C–N with tert-alkyl or cyclic N) is 1. The molecule has 8 heteroatoms. The number of amides is 1. The highest BCUT2D eigenvalue weighted by Crippen LogP contribution is 2.38. The molecule has 25 heavy (non-hydrogen) atoms. The molecule has 1 aromatic carbocycles. The smallest absolute Gasteiger partial charge is 0.379 e. The molecule has 1 aliphatic rings. The first-order chi connectivity index (χ1) is 11.7. The van der Waals surface area contributed by atoms with Crippen LogP contribution >= 0.6 is 11.6 Å². The first kappa shape index (κ1) is 17.7. The molecule has 3 rings (SSSR count). The lowest BCUT2D eigenvalue weighted by Crippen LogP contribution is -2.48. The molecular formula is C17H14ClF3N2O2. The van der Waals surface area contributed by atoms with E-state index in [0.717, 1.165) is 10.5 Å². The van der Waals surface area contributed by atoms with Gasteiger partial charge >= 0.3 is 6.18 Å². The van der Waals surface area contributed by atoms with Crippen molar-refractivity contribution in [1.29, 1.82) is 0 Å². The Balaban J connectivity index is 1.82. The topological polar surface area (TPSA) is 53.4 Å². The van der Waals surface area contributed by atoms with Crippen molar-refractivity contribution >= 4 is 17.5 Å². The largest absolute Gasteiger partial charge is 0.419 e. The van der Waals surface area contributed by atoms with Crippen molar-refractivity contribution in [3.63, 3.8) is 0 Å². The normalized spacial score (nSPS) is 20.8. The Morgan fingerprint density at radius 2 is 1.88 bits per heavy atom. The van der Waals surface area contributed by atoms with E-state index in [1.165, 1.54) is 6.20 Å². The highest BCUT2D eigenvalue weighted by molar-refractivity contribution is 6.30. The minimum absolute atomic E-state index is 0.166. The molecule has 0 aliphatic carbocycles. The number of aromatic nitrogens is 1. The zero-order chi connectivity index (χ0) is 18.2. The van der Waals surface area contributed by atoms with Crippen LogP contribution in [0.3, 0.4) is 0 Å². The summed E-state index contributed by atoms with van der Waals surface area (Å²) in [5.41, 5.74) is -1.27. The molecule has 1 aromatic heterocycles. The van der Waals surface area contributed by atoms with Crippen LogP contribution in [0.1, 0.15) is 16.8 Å². The standard InChI is InChI=1S/C17H14ClF3N2O2/c18-14-3-1-11(2-4-14)12-7-13(9-22-8-12)15(24)23-6-5-16(25,10-23)17(19,20)21/h1-4,7-9,25H,5-6,10H2/t16-/m0/s1. The fraction of sp³-hybridized carbons (Fsp3) is 0.294. The summed E-state index contributed by atoms with van der Waals surface area (Å²) in [5.74, 6) is -0.594. The Kier molecular flexibility index (Phi) is 4.47. The Hall–Kier alpha value is -2.12. The van der Waals surface area contributed by atoms with Crippen molar-refractivity contribution < 1.29 is 23.1 Å². The van der Waals surface area contributed by atoms with E-state index in [4.69, 9.17) is 11.6 Å². The number of pyridine rings is 1. The van der Waals surface area contributed by atoms with E-state index in [1.807, 2.05) is 0 Å². The summed E-state index contributed by atoms with van der Waals surface area (Å²) < 4.78 is 38.7. The first-order valence-corrected chi connectivity index (χ1v) is 7.87. The lowest BCUT2D eigenvalue weighted by molar-refractivity contribution is -0.253. The van der Waals surface area contributed by atoms with Gasteiger partial charge in [0.15, 0.2) is 5.60 Å². The van der Waals surface area contributed by atoms with E-state index >= 15 is 0 Å². The van der Waals surface area contributed by atoms with E-state index in [0.29, 0.717) is 10.6 Å². The van der Waals surface area contributed by atoms with Crippen LogP contribution in [0.4, 0.5) is 13.2 Å². The number of benzene rings is 1. The molecule has 1 saturated heterocycles. The molecule has 0 saturated carbocycles. The predicted octanol–water partition coefficient (Wildman–Crippen LogP) is 3.54. The quantitative estimate of drug-likeness (QED) is 0.879. The number of rotatable bonds is 2. The van der Waals surface area contributed by atoms with Crippen molar-refractivity contribution in [3.8, 4) is 11.1 Å². The molecule has 0 radical (unpaired) electrons. The Morgan fingerprint density at radius 3 is 2.48 bits per heavy atom. The monoisotopic (exact) mass is 370 g/mol. The summed E-state index contributed by atoms with van der Waals surface area (Å²) in [4.78, 5) is 17.5. The van der Waals surface area contributed by atoms with Gasteiger partial charge in [-0.3, -0.25) is 9.78 Å². The maximum Gasteiger partial charge on any atom is 0.419 e. The number of aliphatic hydroxyl groups is 1. The van der Waals surface area contributed by atoms with Gasteiger partial charge in [0.25, 0.3) is 5.91 Å². The average molecular weight is 371 g/mol. The van der Waals surface area contributed by atoms with Gasteiger partial charge in [0.1, 0.15) is 0 Å². The van der Waals surface area contributed by atoms with Gasteiger partial charge in [0, 0.05) is 35.9 Å². The molecule has 1 aliphatic heterocycles. The minimum Gasteiger partial charge on any atom is -0.379 e. The predicted molar refractivity (Wildman–Crippen MR) is 86.2 cm³/mol. The molecule has 0 spiro atoms. The van der Waals surface area contributed by atoms with Crippen LogP contribution in [0, 0.1) is 0 Å². The maximum absolute atomic E-state index is 12.9. The minimum atomic E-state index is -4.77. The molecule has 0 bridgehead atoms. The van der Waals surface area contributed by atoms with Crippen molar-refractivity contribution in [1.82, 2.24) is 9.88 Å². The SMILES string of the molecule is O=C(c1cncc(-c2ccc(Cl)cc2)c1)N1CC[C@@](O)(C(F)(F)F)C1. The van der Waals surface area contributed by atoms with E-state index in [9.17, 15) is 23.1 Å². The first-order valence-electron chi connectivity index (χ1n) is 7.49. The number of likely N-dealkylation sites (tertiary alicyclic amines) is 1. The molecule has 1 atom stereocenters. The second-order valence-corrected chi connectivity index (χ2v) is 6.41. The Labute approximate surface area is 146 Å². The molecule has 4 nitrogen and oxygen atoms in total. The van der Waals surface area contributed by atoms with E-state index in [2.05, 4.69) is 4.98 Å². The molecule has 1 fully saturated rings. The lowest BCUT2D eigenvalue weighted by atomic mass is 10.0. The molecule has 1 amide bonds. The van der Waals surface area contributed by atoms with Gasteiger partial charge < -0.3 is 10.0 Å². The summed E-state index contributed by atoms with van der Waals surface area (Å²) in [7, 11) is 0. The van der Waals surface area contributed by atoms with Crippen LogP contribution in [0.15, 0.2) is 42.7 Å². The van der Waals surface area contributed by atoms with Gasteiger partial charge in [0.05, 0.1) is 12.1 Å². The van der Waals surface area contributed by atoms with E-state index in [-0.39, 0.29) is 12.1 Å². The molecule has 1 N–H and O–H groups in total. The number of hydrogen-bond acceptors (Lipinski definition) is 3. The van der Waals surface area contributed by atoms with Crippen molar-refractivity contribution in [2.24, 2.45) is 0 Å². The van der Waals surface area contributed by atoms with E-state index < -0.39 is 30.7 Å². The third-order valence-electron chi connectivity index (χ3n) is 4.23. The highest BCUT2D eigenvalue weighted by atomic mass is 35.5. The summed E-state index contributed by atoms with van der Waals surface area (Å²) in [6.45, 7) is -0.944. The van der Waals surface area contributed by atoms with Gasteiger partial charge in [-0.2, -0.15) is 13.2 Å². The van der Waals surface area contributed by atoms with Gasteiger partial charge in [-0.15, -0.1) is 0 Å². The van der Waals surface area contributed by atoms with Gasteiger partial charge in [-0.05, 0) is 23.8 Å².